The zero-order chi connectivity index (χ0) is 21.6. The molecule has 3 heterocycles. The number of carbonyl (C=O) groups excluding carboxylic acids is 1. The molecule has 1 aromatic carbocycles. The summed E-state index contributed by atoms with van der Waals surface area (Å²) in [6.45, 7) is 4.28. The van der Waals surface area contributed by atoms with Crippen molar-refractivity contribution in [2.24, 2.45) is 0 Å². The van der Waals surface area contributed by atoms with E-state index in [2.05, 4.69) is 27.1 Å². The van der Waals surface area contributed by atoms with Crippen molar-refractivity contribution in [3.05, 3.63) is 77.0 Å². The molecule has 0 aliphatic heterocycles. The number of anilines is 1. The molecule has 0 saturated heterocycles. The van der Waals surface area contributed by atoms with Crippen molar-refractivity contribution < 1.29 is 9.21 Å². The zero-order valence-electron chi connectivity index (χ0n) is 16.3. The van der Waals surface area contributed by atoms with E-state index in [-0.39, 0.29) is 11.7 Å². The number of thiazole rings is 1. The van der Waals surface area contributed by atoms with E-state index < -0.39 is 0 Å². The number of furan rings is 1. The Labute approximate surface area is 192 Å². The Bertz CT molecular complexity index is 1190. The molecule has 0 aliphatic rings. The van der Waals surface area contributed by atoms with E-state index in [1.807, 2.05) is 34.9 Å². The number of halogens is 1. The van der Waals surface area contributed by atoms with Crippen LogP contribution in [-0.4, -0.2) is 31.4 Å². The van der Waals surface area contributed by atoms with Crippen LogP contribution in [0.5, 0.6) is 0 Å². The van der Waals surface area contributed by atoms with Crippen LogP contribution < -0.4 is 5.32 Å². The van der Waals surface area contributed by atoms with Gasteiger partial charge in [0, 0.05) is 29.1 Å². The average Bonchev–Trinajstić information content (AvgIpc) is 3.49. The fourth-order valence-corrected chi connectivity index (χ4v) is 4.68. The van der Waals surface area contributed by atoms with Crippen LogP contribution in [0.4, 0.5) is 5.13 Å². The molecule has 0 saturated carbocycles. The third-order valence-electron chi connectivity index (χ3n) is 4.17. The van der Waals surface area contributed by atoms with Crippen LogP contribution in [0.3, 0.4) is 0 Å². The molecule has 158 valence electrons. The largest absolute Gasteiger partial charge is 0.461 e. The van der Waals surface area contributed by atoms with Crippen molar-refractivity contribution in [1.29, 1.82) is 0 Å². The second-order valence-corrected chi connectivity index (χ2v) is 8.95. The first-order valence-corrected chi connectivity index (χ1v) is 11.5. The van der Waals surface area contributed by atoms with E-state index in [4.69, 9.17) is 16.0 Å². The number of nitrogens with zero attached hydrogens (tertiary/aromatic N) is 4. The highest BCUT2D eigenvalue weighted by molar-refractivity contribution is 7.99. The van der Waals surface area contributed by atoms with Crippen molar-refractivity contribution in [3.63, 3.8) is 0 Å². The number of aromatic nitrogens is 4. The molecule has 0 spiro atoms. The zero-order valence-corrected chi connectivity index (χ0v) is 18.7. The highest BCUT2D eigenvalue weighted by atomic mass is 35.5. The van der Waals surface area contributed by atoms with Crippen LogP contribution in [0.15, 0.2) is 71.1 Å². The maximum absolute atomic E-state index is 12.4. The lowest BCUT2D eigenvalue weighted by molar-refractivity contribution is -0.113. The summed E-state index contributed by atoms with van der Waals surface area (Å²) in [4.78, 5) is 17.8. The molecule has 10 heteroatoms. The van der Waals surface area contributed by atoms with Crippen molar-refractivity contribution in [2.75, 3.05) is 11.1 Å². The quantitative estimate of drug-likeness (QED) is 0.268. The van der Waals surface area contributed by atoms with Crippen LogP contribution in [0.25, 0.3) is 11.6 Å². The van der Waals surface area contributed by atoms with Crippen LogP contribution in [0.1, 0.15) is 10.4 Å². The van der Waals surface area contributed by atoms with Gasteiger partial charge in [-0.05, 0) is 29.8 Å². The standard InChI is InChI=1S/C21H18ClN5O2S2/c1-2-8-27-19(17-7-4-9-29-17)25-26-21(27)30-13-18(28)24-20-23-12-16(31-20)11-14-5-3-6-15(22)10-14/h2-7,9-10,12H,1,8,11,13H2,(H,23,24,28). The first-order chi connectivity index (χ1) is 15.1. The number of nitrogens with one attached hydrogen (secondary N) is 1. The molecule has 31 heavy (non-hydrogen) atoms. The fourth-order valence-electron chi connectivity index (χ4n) is 2.86. The fraction of sp³-hybridized carbons (Fsp3) is 0.143. The van der Waals surface area contributed by atoms with Crippen molar-refractivity contribution >= 4 is 45.7 Å². The molecular formula is C21H18ClN5O2S2. The molecule has 0 unspecified atom stereocenters. The summed E-state index contributed by atoms with van der Waals surface area (Å²) in [5.74, 6) is 1.22. The number of hydrogen-bond acceptors (Lipinski definition) is 7. The number of carbonyl (C=O) groups is 1. The minimum atomic E-state index is -0.165. The van der Waals surface area contributed by atoms with E-state index in [0.29, 0.717) is 39.9 Å². The summed E-state index contributed by atoms with van der Waals surface area (Å²) in [7, 11) is 0. The number of thioether (sulfide) groups is 1. The molecule has 1 amide bonds. The number of hydrogen-bond donors (Lipinski definition) is 1. The van der Waals surface area contributed by atoms with E-state index in [1.165, 1.54) is 23.1 Å². The second kappa shape index (κ2) is 9.95. The number of benzene rings is 1. The van der Waals surface area contributed by atoms with Gasteiger partial charge in [0.05, 0.1) is 12.0 Å². The summed E-state index contributed by atoms with van der Waals surface area (Å²) in [5.41, 5.74) is 1.10. The van der Waals surface area contributed by atoms with Crippen molar-refractivity contribution in [2.45, 2.75) is 18.1 Å². The third kappa shape index (κ3) is 5.43. The summed E-state index contributed by atoms with van der Waals surface area (Å²) in [6, 6.07) is 11.3. The smallest absolute Gasteiger partial charge is 0.236 e. The molecular weight excluding hydrogens is 454 g/mol. The Morgan fingerprint density at radius 3 is 3.00 bits per heavy atom. The predicted octanol–water partition coefficient (Wildman–Crippen LogP) is 5.16. The number of amides is 1. The molecule has 4 aromatic rings. The lowest BCUT2D eigenvalue weighted by Gasteiger charge is -2.06. The van der Waals surface area contributed by atoms with Crippen LogP contribution in [0.2, 0.25) is 5.02 Å². The van der Waals surface area contributed by atoms with Gasteiger partial charge in [-0.15, -0.1) is 28.1 Å². The summed E-state index contributed by atoms with van der Waals surface area (Å²) < 4.78 is 7.27. The molecule has 0 aliphatic carbocycles. The van der Waals surface area contributed by atoms with E-state index in [0.717, 1.165) is 10.4 Å². The van der Waals surface area contributed by atoms with E-state index >= 15 is 0 Å². The molecule has 7 nitrogen and oxygen atoms in total. The van der Waals surface area contributed by atoms with E-state index in [9.17, 15) is 4.79 Å². The first-order valence-electron chi connectivity index (χ1n) is 9.32. The Hall–Kier alpha value is -2.88. The number of rotatable bonds is 9. The monoisotopic (exact) mass is 471 g/mol. The topological polar surface area (TPSA) is 85.8 Å². The second-order valence-electron chi connectivity index (χ2n) is 6.46. The molecule has 1 N–H and O–H groups in total. The van der Waals surface area contributed by atoms with Gasteiger partial charge in [0.25, 0.3) is 0 Å². The maximum Gasteiger partial charge on any atom is 0.236 e. The van der Waals surface area contributed by atoms with Gasteiger partial charge in [0.15, 0.2) is 16.0 Å². The van der Waals surface area contributed by atoms with Crippen LogP contribution in [-0.2, 0) is 17.8 Å². The van der Waals surface area contributed by atoms with Crippen LogP contribution in [0, 0.1) is 0 Å². The minimum Gasteiger partial charge on any atom is -0.461 e. The molecule has 0 atom stereocenters. The summed E-state index contributed by atoms with van der Waals surface area (Å²) >= 11 is 8.77. The highest BCUT2D eigenvalue weighted by Gasteiger charge is 2.17. The van der Waals surface area contributed by atoms with Gasteiger partial charge in [0.2, 0.25) is 11.7 Å². The Kier molecular flexibility index (Phi) is 6.86. The molecule has 4 rings (SSSR count). The lowest BCUT2D eigenvalue weighted by Crippen LogP contribution is -2.14. The Morgan fingerprint density at radius 1 is 1.32 bits per heavy atom. The van der Waals surface area contributed by atoms with Crippen LogP contribution >= 0.6 is 34.7 Å². The lowest BCUT2D eigenvalue weighted by atomic mass is 10.1. The molecule has 3 aromatic heterocycles. The van der Waals surface area contributed by atoms with Crippen molar-refractivity contribution in [1.82, 2.24) is 19.7 Å². The van der Waals surface area contributed by atoms with Gasteiger partial charge >= 0.3 is 0 Å². The normalized spacial score (nSPS) is 10.9. The highest BCUT2D eigenvalue weighted by Crippen LogP contribution is 2.26. The number of allylic oxidation sites excluding steroid dienone is 1. The minimum absolute atomic E-state index is 0.165. The Balaban J connectivity index is 1.36. The summed E-state index contributed by atoms with van der Waals surface area (Å²) in [5, 5.41) is 13.1. The first kappa shape index (κ1) is 21.4. The molecule has 0 fully saturated rings. The molecule has 0 radical (unpaired) electrons. The van der Waals surface area contributed by atoms with Gasteiger partial charge in [-0.2, -0.15) is 0 Å². The SMILES string of the molecule is C=CCn1c(SCC(=O)Nc2ncc(Cc3cccc(Cl)c3)s2)nnc1-c1ccco1. The molecule has 0 bridgehead atoms. The Morgan fingerprint density at radius 2 is 2.23 bits per heavy atom. The maximum atomic E-state index is 12.4. The van der Waals surface area contributed by atoms with Crippen molar-refractivity contribution in [3.8, 4) is 11.6 Å². The van der Waals surface area contributed by atoms with Gasteiger partial charge in [-0.25, -0.2) is 4.98 Å². The van der Waals surface area contributed by atoms with Gasteiger partial charge in [-0.3, -0.25) is 9.36 Å². The van der Waals surface area contributed by atoms with Gasteiger partial charge in [-0.1, -0.05) is 41.6 Å². The van der Waals surface area contributed by atoms with Gasteiger partial charge < -0.3 is 9.73 Å². The average molecular weight is 472 g/mol. The summed E-state index contributed by atoms with van der Waals surface area (Å²) in [6.07, 6.45) is 5.81. The third-order valence-corrected chi connectivity index (χ3v) is 6.28. The van der Waals surface area contributed by atoms with Gasteiger partial charge in [0.1, 0.15) is 0 Å². The van der Waals surface area contributed by atoms with E-state index in [1.54, 1.807) is 24.6 Å². The predicted molar refractivity (Wildman–Crippen MR) is 124 cm³/mol.